The molecule has 0 bridgehead atoms. The fourth-order valence-corrected chi connectivity index (χ4v) is 5.08. The molecule has 39 heavy (non-hydrogen) atoms. The van der Waals surface area contributed by atoms with Crippen LogP contribution in [-0.2, 0) is 31.8 Å². The predicted octanol–water partition coefficient (Wildman–Crippen LogP) is 7.48. The second kappa shape index (κ2) is 17.4. The van der Waals surface area contributed by atoms with Crippen molar-refractivity contribution in [1.82, 2.24) is 0 Å². The minimum absolute atomic E-state index is 0.317. The normalized spacial score (nSPS) is 23.3. The molecule has 0 aromatic heterocycles. The minimum atomic E-state index is -0.838. The van der Waals surface area contributed by atoms with Gasteiger partial charge in [-0.3, -0.25) is 0 Å². The van der Waals surface area contributed by atoms with Gasteiger partial charge in [0, 0.05) is 24.8 Å². The van der Waals surface area contributed by atoms with Crippen LogP contribution in [0.15, 0.2) is 42.5 Å². The Morgan fingerprint density at radius 2 is 1.41 bits per heavy atom. The van der Waals surface area contributed by atoms with E-state index in [1.807, 2.05) is 12.1 Å². The van der Waals surface area contributed by atoms with Gasteiger partial charge in [0.05, 0.1) is 6.61 Å². The predicted molar refractivity (Wildman–Crippen MR) is 159 cm³/mol. The van der Waals surface area contributed by atoms with E-state index in [0.717, 1.165) is 67.5 Å². The molecule has 5 nitrogen and oxygen atoms in total. The van der Waals surface area contributed by atoms with E-state index in [1.165, 1.54) is 11.1 Å². The Labute approximate surface area is 241 Å². The maximum atomic E-state index is 11.4. The zero-order valence-corrected chi connectivity index (χ0v) is 25.1. The summed E-state index contributed by atoms with van der Waals surface area (Å²) in [6, 6.07) is 14.8. The van der Waals surface area contributed by atoms with E-state index >= 15 is 0 Å². The fraction of sp³-hybridized carbons (Fsp3) is 0.636. The number of aliphatic hydroxyl groups is 1. The zero-order valence-electron chi connectivity index (χ0n) is 24.4. The van der Waals surface area contributed by atoms with Crippen molar-refractivity contribution in [3.05, 3.63) is 69.7 Å². The highest BCUT2D eigenvalue weighted by Gasteiger charge is 2.47. The molecule has 5 unspecified atom stereocenters. The summed E-state index contributed by atoms with van der Waals surface area (Å²) < 4.78 is 25.3. The van der Waals surface area contributed by atoms with Crippen molar-refractivity contribution in [2.24, 2.45) is 0 Å². The third kappa shape index (κ3) is 9.55. The maximum absolute atomic E-state index is 11.4. The van der Waals surface area contributed by atoms with E-state index in [0.29, 0.717) is 26.4 Å². The highest BCUT2D eigenvalue weighted by molar-refractivity contribution is 6.31. The van der Waals surface area contributed by atoms with E-state index in [4.69, 9.17) is 30.5 Å². The molecule has 0 aliphatic carbocycles. The maximum Gasteiger partial charge on any atom is 0.117 e. The van der Waals surface area contributed by atoms with E-state index < -0.39 is 30.5 Å². The van der Waals surface area contributed by atoms with E-state index in [9.17, 15) is 5.11 Å². The first-order chi connectivity index (χ1) is 19.0. The van der Waals surface area contributed by atoms with Gasteiger partial charge < -0.3 is 24.1 Å². The van der Waals surface area contributed by atoms with Gasteiger partial charge in [0.25, 0.3) is 0 Å². The topological polar surface area (TPSA) is 57.2 Å². The molecule has 2 aromatic carbocycles. The molecule has 1 N–H and O–H groups in total. The second-order valence-corrected chi connectivity index (χ2v) is 11.0. The van der Waals surface area contributed by atoms with Crippen molar-refractivity contribution >= 4 is 11.6 Å². The lowest BCUT2D eigenvalue weighted by atomic mass is 9.89. The number of halogens is 1. The summed E-state index contributed by atoms with van der Waals surface area (Å²) in [6.45, 7) is 10.7. The molecule has 2 aromatic rings. The molecule has 1 fully saturated rings. The lowest BCUT2D eigenvalue weighted by Crippen LogP contribution is -2.57. The van der Waals surface area contributed by atoms with Crippen LogP contribution in [0.3, 0.4) is 0 Å². The fourth-order valence-electron chi connectivity index (χ4n) is 4.90. The molecule has 1 saturated heterocycles. The van der Waals surface area contributed by atoms with Crippen LogP contribution in [0.4, 0.5) is 0 Å². The van der Waals surface area contributed by atoms with Crippen molar-refractivity contribution in [3.8, 4) is 0 Å². The van der Waals surface area contributed by atoms with Gasteiger partial charge in [-0.05, 0) is 60.4 Å². The summed E-state index contributed by atoms with van der Waals surface area (Å²) >= 11 is 6.69. The van der Waals surface area contributed by atoms with Crippen molar-refractivity contribution in [3.63, 3.8) is 0 Å². The number of aliphatic hydroxyl groups excluding tert-OH is 1. The van der Waals surface area contributed by atoms with Crippen LogP contribution >= 0.6 is 11.6 Å². The van der Waals surface area contributed by atoms with Gasteiger partial charge in [-0.1, -0.05) is 95.0 Å². The monoisotopic (exact) mass is 560 g/mol. The van der Waals surface area contributed by atoms with Crippen molar-refractivity contribution < 1.29 is 24.1 Å². The first-order valence-corrected chi connectivity index (χ1v) is 15.4. The lowest BCUT2D eigenvalue weighted by molar-refractivity contribution is -0.258. The number of ether oxygens (including phenoxy) is 4. The first kappa shape index (κ1) is 32.0. The van der Waals surface area contributed by atoms with Crippen LogP contribution in [0.25, 0.3) is 0 Å². The molecule has 0 saturated carbocycles. The Hall–Kier alpha value is -1.47. The van der Waals surface area contributed by atoms with Crippen LogP contribution in [0, 0.1) is 0 Å². The number of benzene rings is 2. The van der Waals surface area contributed by atoms with Crippen LogP contribution in [0.2, 0.25) is 5.02 Å². The summed E-state index contributed by atoms with van der Waals surface area (Å²) in [5.74, 6) is 0. The molecule has 3 rings (SSSR count). The van der Waals surface area contributed by atoms with Crippen molar-refractivity contribution in [1.29, 1.82) is 0 Å². The smallest absolute Gasteiger partial charge is 0.117 e. The zero-order chi connectivity index (χ0) is 28.0. The average molecular weight is 561 g/mol. The number of hydrogen-bond donors (Lipinski definition) is 1. The van der Waals surface area contributed by atoms with Gasteiger partial charge in [-0.2, -0.15) is 0 Å². The summed E-state index contributed by atoms with van der Waals surface area (Å²) in [5, 5.41) is 12.1. The molecule has 0 spiro atoms. The molecule has 1 aliphatic rings. The Morgan fingerprint density at radius 3 is 2.05 bits per heavy atom. The highest BCUT2D eigenvalue weighted by Crippen LogP contribution is 2.38. The Kier molecular flexibility index (Phi) is 14.3. The molecule has 5 atom stereocenters. The Morgan fingerprint density at radius 1 is 0.795 bits per heavy atom. The minimum Gasteiger partial charge on any atom is -0.387 e. The van der Waals surface area contributed by atoms with Crippen LogP contribution in [-0.4, -0.2) is 55.9 Å². The third-order valence-electron chi connectivity index (χ3n) is 7.43. The van der Waals surface area contributed by atoms with Gasteiger partial charge in [0.1, 0.15) is 30.5 Å². The highest BCUT2D eigenvalue weighted by atomic mass is 35.5. The van der Waals surface area contributed by atoms with Gasteiger partial charge in [-0.15, -0.1) is 0 Å². The third-order valence-corrected chi connectivity index (χ3v) is 7.79. The molecule has 1 heterocycles. The van der Waals surface area contributed by atoms with Crippen LogP contribution in [0.5, 0.6) is 0 Å². The molecular weight excluding hydrogens is 512 g/mol. The van der Waals surface area contributed by atoms with Crippen molar-refractivity contribution in [2.75, 3.05) is 26.4 Å². The summed E-state index contributed by atoms with van der Waals surface area (Å²) in [6.07, 6.45) is 4.99. The quantitative estimate of drug-likeness (QED) is 0.203. The van der Waals surface area contributed by atoms with E-state index in [2.05, 4.69) is 58.0 Å². The molecule has 0 radical (unpaired) electrons. The summed E-state index contributed by atoms with van der Waals surface area (Å²) in [5.41, 5.74) is 4.56. The summed E-state index contributed by atoms with van der Waals surface area (Å²) in [4.78, 5) is 0. The lowest BCUT2D eigenvalue weighted by Gasteiger charge is -2.45. The van der Waals surface area contributed by atoms with Crippen LogP contribution in [0.1, 0.15) is 94.6 Å². The van der Waals surface area contributed by atoms with Crippen molar-refractivity contribution in [2.45, 2.75) is 110 Å². The SMILES string of the molecule is CCCCOCC1OC(c2ccc(Cl)c(Cc3ccc(CC)cc3)c2)C(OCCCC)C(OCCCC)C1O. The molecule has 1 aliphatic heterocycles. The van der Waals surface area contributed by atoms with E-state index in [-0.39, 0.29) is 0 Å². The van der Waals surface area contributed by atoms with Gasteiger partial charge in [0.2, 0.25) is 0 Å². The molecule has 218 valence electrons. The second-order valence-electron chi connectivity index (χ2n) is 10.6. The average Bonchev–Trinajstić information content (AvgIpc) is 2.95. The Balaban J connectivity index is 1.90. The first-order valence-electron chi connectivity index (χ1n) is 15.0. The number of aryl methyl sites for hydroxylation is 1. The molecular formula is C33H49ClO5. The standard InChI is InChI=1S/C33H49ClO5/c1-5-9-18-36-23-29-30(35)32(37-19-10-6-2)33(38-20-11-7-3)31(39-29)26-16-17-28(34)27(22-26)21-25-14-12-24(8-4)13-15-25/h12-17,22,29-33,35H,5-11,18-21,23H2,1-4H3. The Bertz CT molecular complexity index is 950. The number of hydrogen-bond acceptors (Lipinski definition) is 5. The van der Waals surface area contributed by atoms with Gasteiger partial charge in [-0.25, -0.2) is 0 Å². The van der Waals surface area contributed by atoms with E-state index in [1.54, 1.807) is 0 Å². The van der Waals surface area contributed by atoms with Gasteiger partial charge >= 0.3 is 0 Å². The van der Waals surface area contributed by atoms with Crippen LogP contribution < -0.4 is 0 Å². The largest absolute Gasteiger partial charge is 0.387 e. The number of rotatable bonds is 17. The van der Waals surface area contributed by atoms with Gasteiger partial charge in [0.15, 0.2) is 0 Å². The summed E-state index contributed by atoms with van der Waals surface area (Å²) in [7, 11) is 0. The molecule has 0 amide bonds. The molecule has 6 heteroatoms. The number of unbranched alkanes of at least 4 members (excludes halogenated alkanes) is 3.